The molecule has 0 aliphatic heterocycles. The molecule has 0 aliphatic carbocycles. The number of carbonyl (C=O) groups excluding carboxylic acids is 1. The van der Waals surface area contributed by atoms with E-state index in [2.05, 4.69) is 29.1 Å². The van der Waals surface area contributed by atoms with Crippen LogP contribution in [0.15, 0.2) is 54.6 Å². The lowest BCUT2D eigenvalue weighted by Crippen LogP contribution is -2.33. The van der Waals surface area contributed by atoms with Gasteiger partial charge in [0.2, 0.25) is 0 Å². The number of H-pyrrole nitrogens is 1. The molecular formula is C21H22N4O. The minimum Gasteiger partial charge on any atom is -0.341 e. The van der Waals surface area contributed by atoms with Crippen LogP contribution in [-0.4, -0.2) is 20.4 Å². The third-order valence-corrected chi connectivity index (χ3v) is 4.84. The Kier molecular flexibility index (Phi) is 3.99. The van der Waals surface area contributed by atoms with Gasteiger partial charge < -0.3 is 14.9 Å². The molecule has 2 aromatic carbocycles. The lowest BCUT2D eigenvalue weighted by atomic mass is 10.0. The molecule has 5 heteroatoms. The van der Waals surface area contributed by atoms with E-state index in [1.165, 1.54) is 0 Å². The summed E-state index contributed by atoms with van der Waals surface area (Å²) < 4.78 is 1.93. The van der Waals surface area contributed by atoms with Crippen molar-refractivity contribution >= 4 is 27.8 Å². The summed E-state index contributed by atoms with van der Waals surface area (Å²) in [7, 11) is 1.92. The van der Waals surface area contributed by atoms with E-state index in [1.807, 2.05) is 66.2 Å². The van der Waals surface area contributed by atoms with E-state index in [-0.39, 0.29) is 17.9 Å². The standard InChI is InChI=1S/C21H22N4O/c1-13(2)19(20-22-15-9-5-6-10-16(15)23-20)24-21(26)18-12-14-8-4-7-11-17(14)25(18)3/h4-13,19H,1-3H3,(H,22,23)(H,24,26)/t19-/m0/s1. The lowest BCUT2D eigenvalue weighted by molar-refractivity contribution is 0.0915. The Labute approximate surface area is 152 Å². The number of para-hydroxylation sites is 3. The number of aromatic nitrogens is 3. The molecule has 0 fully saturated rings. The quantitative estimate of drug-likeness (QED) is 0.582. The van der Waals surface area contributed by atoms with Gasteiger partial charge in [0.05, 0.1) is 17.1 Å². The molecule has 0 unspecified atom stereocenters. The Hall–Kier alpha value is -3.08. The fourth-order valence-corrected chi connectivity index (χ4v) is 3.39. The molecule has 4 aromatic rings. The van der Waals surface area contributed by atoms with E-state index in [4.69, 9.17) is 0 Å². The van der Waals surface area contributed by atoms with Gasteiger partial charge in [-0.2, -0.15) is 0 Å². The number of aromatic amines is 1. The molecule has 1 amide bonds. The topological polar surface area (TPSA) is 62.7 Å². The predicted octanol–water partition coefficient (Wildman–Crippen LogP) is 4.18. The molecular weight excluding hydrogens is 324 g/mol. The Morgan fingerprint density at radius 2 is 1.85 bits per heavy atom. The van der Waals surface area contributed by atoms with E-state index in [9.17, 15) is 4.79 Å². The number of nitrogens with one attached hydrogen (secondary N) is 2. The van der Waals surface area contributed by atoms with Crippen molar-refractivity contribution in [2.45, 2.75) is 19.9 Å². The molecule has 0 saturated heterocycles. The van der Waals surface area contributed by atoms with Gasteiger partial charge in [-0.1, -0.05) is 44.2 Å². The summed E-state index contributed by atoms with van der Waals surface area (Å²) in [5.41, 5.74) is 3.58. The molecule has 2 N–H and O–H groups in total. The molecule has 2 heterocycles. The minimum atomic E-state index is -0.187. The first kappa shape index (κ1) is 16.4. The minimum absolute atomic E-state index is 0.0946. The van der Waals surface area contributed by atoms with Crippen molar-refractivity contribution in [1.29, 1.82) is 0 Å². The maximum atomic E-state index is 13.0. The Morgan fingerprint density at radius 1 is 1.12 bits per heavy atom. The first-order valence-electron chi connectivity index (χ1n) is 8.84. The molecule has 26 heavy (non-hydrogen) atoms. The van der Waals surface area contributed by atoms with Gasteiger partial charge >= 0.3 is 0 Å². The van der Waals surface area contributed by atoms with Crippen molar-refractivity contribution < 1.29 is 4.79 Å². The highest BCUT2D eigenvalue weighted by Crippen LogP contribution is 2.24. The van der Waals surface area contributed by atoms with Crippen LogP contribution in [0.4, 0.5) is 0 Å². The van der Waals surface area contributed by atoms with Crippen molar-refractivity contribution in [2.75, 3.05) is 0 Å². The summed E-state index contributed by atoms with van der Waals surface area (Å²) in [4.78, 5) is 21.0. The third-order valence-electron chi connectivity index (χ3n) is 4.84. The zero-order chi connectivity index (χ0) is 18.3. The van der Waals surface area contributed by atoms with Crippen LogP contribution in [0.25, 0.3) is 21.9 Å². The molecule has 0 saturated carbocycles. The summed E-state index contributed by atoms with van der Waals surface area (Å²) in [6.45, 7) is 4.17. The maximum absolute atomic E-state index is 13.0. The van der Waals surface area contributed by atoms with Gasteiger partial charge in [0.25, 0.3) is 5.91 Å². The zero-order valence-electron chi connectivity index (χ0n) is 15.2. The van der Waals surface area contributed by atoms with E-state index in [0.29, 0.717) is 5.69 Å². The van der Waals surface area contributed by atoms with Crippen molar-refractivity contribution in [2.24, 2.45) is 13.0 Å². The first-order valence-corrected chi connectivity index (χ1v) is 8.84. The van der Waals surface area contributed by atoms with Crippen molar-refractivity contribution in [1.82, 2.24) is 19.9 Å². The Morgan fingerprint density at radius 3 is 2.58 bits per heavy atom. The second kappa shape index (κ2) is 6.33. The van der Waals surface area contributed by atoms with Crippen LogP contribution in [0.3, 0.4) is 0 Å². The molecule has 0 aliphatic rings. The number of imidazole rings is 1. The van der Waals surface area contributed by atoms with Gasteiger partial charge in [0.1, 0.15) is 11.5 Å². The number of hydrogen-bond donors (Lipinski definition) is 2. The summed E-state index contributed by atoms with van der Waals surface area (Å²) in [5, 5.41) is 4.22. The maximum Gasteiger partial charge on any atom is 0.268 e. The number of hydrogen-bond acceptors (Lipinski definition) is 2. The van der Waals surface area contributed by atoms with Crippen LogP contribution in [0, 0.1) is 5.92 Å². The summed E-state index contributed by atoms with van der Waals surface area (Å²) >= 11 is 0. The molecule has 0 radical (unpaired) electrons. The van der Waals surface area contributed by atoms with Gasteiger partial charge in [-0.3, -0.25) is 4.79 Å². The number of fused-ring (bicyclic) bond motifs is 2. The summed E-state index contributed by atoms with van der Waals surface area (Å²) in [5.74, 6) is 0.894. The van der Waals surface area contributed by atoms with Crippen LogP contribution < -0.4 is 5.32 Å². The monoisotopic (exact) mass is 346 g/mol. The lowest BCUT2D eigenvalue weighted by Gasteiger charge is -2.20. The van der Waals surface area contributed by atoms with Crippen LogP contribution in [-0.2, 0) is 7.05 Å². The van der Waals surface area contributed by atoms with Crippen molar-refractivity contribution in [3.8, 4) is 0 Å². The molecule has 132 valence electrons. The highest BCUT2D eigenvalue weighted by atomic mass is 16.2. The number of aryl methyl sites for hydroxylation is 1. The van der Waals surface area contributed by atoms with Gasteiger partial charge in [-0.25, -0.2) is 4.98 Å². The Balaban J connectivity index is 1.67. The van der Waals surface area contributed by atoms with Gasteiger partial charge in [0, 0.05) is 18.0 Å². The highest BCUT2D eigenvalue weighted by Gasteiger charge is 2.24. The van der Waals surface area contributed by atoms with Crippen molar-refractivity contribution in [3.63, 3.8) is 0 Å². The number of benzene rings is 2. The third kappa shape index (κ3) is 2.75. The van der Waals surface area contributed by atoms with E-state index in [0.717, 1.165) is 27.8 Å². The second-order valence-corrected chi connectivity index (χ2v) is 6.98. The van der Waals surface area contributed by atoms with Crippen molar-refractivity contribution in [3.05, 3.63) is 66.1 Å². The van der Waals surface area contributed by atoms with Crippen LogP contribution in [0.1, 0.15) is 36.2 Å². The fraction of sp³-hybridized carbons (Fsp3) is 0.238. The average molecular weight is 346 g/mol. The molecule has 0 bridgehead atoms. The van der Waals surface area contributed by atoms with E-state index < -0.39 is 0 Å². The molecule has 0 spiro atoms. The van der Waals surface area contributed by atoms with Gasteiger partial charge in [0.15, 0.2) is 0 Å². The van der Waals surface area contributed by atoms with E-state index in [1.54, 1.807) is 0 Å². The predicted molar refractivity (Wildman–Crippen MR) is 104 cm³/mol. The summed E-state index contributed by atoms with van der Waals surface area (Å²) in [6.07, 6.45) is 0. The SMILES string of the molecule is CC(C)[C@H](NC(=O)c1cc2ccccc2n1C)c1nc2ccccc2[nH]1. The Bertz CT molecular complexity index is 1060. The van der Waals surface area contributed by atoms with Crippen LogP contribution >= 0.6 is 0 Å². The largest absolute Gasteiger partial charge is 0.341 e. The second-order valence-electron chi connectivity index (χ2n) is 6.98. The first-order chi connectivity index (χ1) is 12.5. The molecule has 1 atom stereocenters. The average Bonchev–Trinajstić information content (AvgIpc) is 3.21. The molecule has 2 aromatic heterocycles. The van der Waals surface area contributed by atoms with E-state index >= 15 is 0 Å². The zero-order valence-corrected chi connectivity index (χ0v) is 15.2. The fourth-order valence-electron chi connectivity index (χ4n) is 3.39. The number of rotatable bonds is 4. The number of nitrogens with zero attached hydrogens (tertiary/aromatic N) is 2. The van der Waals surface area contributed by atoms with Gasteiger partial charge in [-0.15, -0.1) is 0 Å². The summed E-state index contributed by atoms with van der Waals surface area (Å²) in [6, 6.07) is 17.6. The highest BCUT2D eigenvalue weighted by molar-refractivity contribution is 5.98. The number of carbonyl (C=O) groups is 1. The van der Waals surface area contributed by atoms with Crippen LogP contribution in [0.2, 0.25) is 0 Å². The van der Waals surface area contributed by atoms with Gasteiger partial charge in [-0.05, 0) is 30.2 Å². The molecule has 5 nitrogen and oxygen atoms in total. The number of amides is 1. The smallest absolute Gasteiger partial charge is 0.268 e. The van der Waals surface area contributed by atoms with Crippen LogP contribution in [0.5, 0.6) is 0 Å². The molecule has 4 rings (SSSR count). The normalized spacial score (nSPS) is 12.8.